The van der Waals surface area contributed by atoms with Gasteiger partial charge < -0.3 is 35.3 Å². The maximum absolute atomic E-state index is 13.6. The third-order valence-corrected chi connectivity index (χ3v) is 9.70. The Morgan fingerprint density at radius 2 is 1.47 bits per heavy atom. The van der Waals surface area contributed by atoms with E-state index in [0.717, 1.165) is 40.8 Å². The molecule has 7 rings (SSSR count). The number of rotatable bonds is 11. The fourth-order valence-electron chi connectivity index (χ4n) is 6.57. The fraction of sp³-hybridized carbons (Fsp3) is 0.459. The van der Waals surface area contributed by atoms with E-state index in [4.69, 9.17) is 34.4 Å². The lowest BCUT2D eigenvalue weighted by atomic mass is 9.82. The summed E-state index contributed by atoms with van der Waals surface area (Å²) in [5.41, 5.74) is 3.02. The summed E-state index contributed by atoms with van der Waals surface area (Å²) < 4.78 is 144. The van der Waals surface area contributed by atoms with Crippen molar-refractivity contribution >= 4 is 28.9 Å². The van der Waals surface area contributed by atoms with Gasteiger partial charge in [-0.15, -0.1) is 0 Å². The highest BCUT2D eigenvalue weighted by Gasteiger charge is 2.48. The van der Waals surface area contributed by atoms with Crippen LogP contribution in [0.5, 0.6) is 5.88 Å². The molecule has 1 saturated heterocycles. The van der Waals surface area contributed by atoms with Gasteiger partial charge in [0.2, 0.25) is 11.7 Å². The highest BCUT2D eigenvalue weighted by atomic mass is 19.4. The zero-order valence-electron chi connectivity index (χ0n) is 34.4. The van der Waals surface area contributed by atoms with E-state index >= 15 is 0 Å². The third-order valence-electron chi connectivity index (χ3n) is 9.70. The molecule has 0 bridgehead atoms. The van der Waals surface area contributed by atoms with Gasteiger partial charge >= 0.3 is 42.6 Å². The Hall–Kier alpha value is -7.10. The van der Waals surface area contributed by atoms with Crippen molar-refractivity contribution in [2.75, 3.05) is 19.6 Å². The Morgan fingerprint density at radius 3 is 2.00 bits per heavy atom. The van der Waals surface area contributed by atoms with E-state index in [2.05, 4.69) is 56.3 Å². The summed E-state index contributed by atoms with van der Waals surface area (Å²) in [5.74, 6) is -9.54. The molecular formula is C37H36F12N12O7. The Morgan fingerprint density at radius 1 is 0.868 bits per heavy atom. The zero-order chi connectivity index (χ0) is 50.7. The van der Waals surface area contributed by atoms with Crippen LogP contribution in [0.3, 0.4) is 0 Å². The first-order valence-corrected chi connectivity index (χ1v) is 19.3. The number of nitriles is 1. The van der Waals surface area contributed by atoms with E-state index in [-0.39, 0.29) is 30.3 Å². The van der Waals surface area contributed by atoms with Crippen LogP contribution in [0.4, 0.5) is 52.7 Å². The molecule has 2 aliphatic rings. The molecule has 6 heterocycles. The molecule has 5 aromatic rings. The average molecular weight is 989 g/mol. The number of likely N-dealkylation sites (tertiary alicyclic amines) is 1. The van der Waals surface area contributed by atoms with Crippen molar-refractivity contribution < 1.29 is 87.1 Å². The number of alkyl halides is 12. The van der Waals surface area contributed by atoms with Gasteiger partial charge in [-0.05, 0) is 31.7 Å². The monoisotopic (exact) mass is 988 g/mol. The van der Waals surface area contributed by atoms with Crippen molar-refractivity contribution in [1.29, 1.82) is 5.26 Å². The fourth-order valence-corrected chi connectivity index (χ4v) is 6.57. The van der Waals surface area contributed by atoms with Crippen molar-refractivity contribution in [3.63, 3.8) is 0 Å². The topological polar surface area (TPSA) is 274 Å². The first-order valence-electron chi connectivity index (χ1n) is 19.3. The molecule has 68 heavy (non-hydrogen) atoms. The number of nitrogens with one attached hydrogen (secondary N) is 3. The molecule has 6 N–H and O–H groups in total. The summed E-state index contributed by atoms with van der Waals surface area (Å²) in [6.45, 7) is 2.03. The molecule has 370 valence electrons. The highest BCUT2D eigenvalue weighted by molar-refractivity contribution is 5.90. The highest BCUT2D eigenvalue weighted by Crippen LogP contribution is 2.39. The van der Waals surface area contributed by atoms with Gasteiger partial charge in [-0.3, -0.25) is 9.58 Å². The standard InChI is InChI=1S/C31H33F3N12O.3C2HF3O2/c32-31(33,34)29-43-22(14-36-9-5-21-13-37-18-39-21)11-26(44-29)47-24-3-1-23(2-4-24)45-16-30(17-45,7-8-35)46-15-20(12-42-46)27-25-6-10-38-28(25)41-19-40-27;3*3-2(4,5)1(6)7/h6,10-13,15,18-19,23-24,36H,1-5,7,9,14,16-17H2,(H,37,39)(H,38,40,41);3*(H,6,7)/t23-,24+;;;. The third kappa shape index (κ3) is 15.2. The molecular weight excluding hydrogens is 952 g/mol. The van der Waals surface area contributed by atoms with Crippen molar-refractivity contribution in [1.82, 2.24) is 54.9 Å². The summed E-state index contributed by atoms with van der Waals surface area (Å²) in [7, 11) is 0. The molecule has 1 aliphatic carbocycles. The number of fused-ring (bicyclic) bond motifs is 1. The summed E-state index contributed by atoms with van der Waals surface area (Å²) in [6.07, 6.45) is -5.80. The van der Waals surface area contributed by atoms with Gasteiger partial charge in [0.05, 0.1) is 42.1 Å². The van der Waals surface area contributed by atoms with E-state index in [1.54, 1.807) is 18.7 Å². The van der Waals surface area contributed by atoms with Crippen molar-refractivity contribution in [3.05, 3.63) is 66.8 Å². The number of aromatic amines is 2. The zero-order valence-corrected chi connectivity index (χ0v) is 34.4. The van der Waals surface area contributed by atoms with Crippen LogP contribution in [0.25, 0.3) is 22.3 Å². The number of carboxylic acids is 3. The number of halogens is 12. The molecule has 0 spiro atoms. The smallest absolute Gasteiger partial charge is 0.475 e. The van der Waals surface area contributed by atoms with Crippen LogP contribution in [-0.2, 0) is 39.1 Å². The number of hydrogen-bond acceptors (Lipinski definition) is 13. The van der Waals surface area contributed by atoms with Crippen LogP contribution >= 0.6 is 0 Å². The molecule has 5 aromatic heterocycles. The number of carbonyl (C=O) groups is 3. The molecule has 0 unspecified atom stereocenters. The van der Waals surface area contributed by atoms with Gasteiger partial charge in [-0.2, -0.15) is 68.0 Å². The van der Waals surface area contributed by atoms with E-state index in [9.17, 15) is 57.9 Å². The lowest BCUT2D eigenvalue weighted by molar-refractivity contribution is -0.193. The number of hydrogen-bond donors (Lipinski definition) is 6. The van der Waals surface area contributed by atoms with Gasteiger partial charge in [0.15, 0.2) is 0 Å². The van der Waals surface area contributed by atoms with Gasteiger partial charge in [0.1, 0.15) is 23.6 Å². The Kier molecular flexibility index (Phi) is 17.4. The molecule has 1 aliphatic heterocycles. The quantitative estimate of drug-likeness (QED) is 0.0664. The number of nitrogens with zero attached hydrogens (tertiary/aromatic N) is 9. The van der Waals surface area contributed by atoms with Crippen LogP contribution in [0, 0.1) is 11.3 Å². The molecule has 0 amide bonds. The van der Waals surface area contributed by atoms with Crippen LogP contribution < -0.4 is 10.1 Å². The van der Waals surface area contributed by atoms with Crippen molar-refractivity contribution in [2.24, 2.45) is 0 Å². The number of imidazole rings is 1. The van der Waals surface area contributed by atoms with Crippen molar-refractivity contribution in [3.8, 4) is 23.2 Å². The second-order valence-corrected chi connectivity index (χ2v) is 14.6. The van der Waals surface area contributed by atoms with Gasteiger partial charge in [-0.25, -0.2) is 34.3 Å². The number of aromatic nitrogens is 9. The second-order valence-electron chi connectivity index (χ2n) is 14.6. The van der Waals surface area contributed by atoms with Gasteiger partial charge in [0, 0.05) is 74.2 Å². The van der Waals surface area contributed by atoms with Gasteiger partial charge in [0.25, 0.3) is 0 Å². The Balaban J connectivity index is 0.000000400. The van der Waals surface area contributed by atoms with Crippen LogP contribution in [-0.4, -0.2) is 133 Å². The average Bonchev–Trinajstić information content (AvgIpc) is 4.04. The minimum Gasteiger partial charge on any atom is -0.475 e. The maximum atomic E-state index is 13.6. The van der Waals surface area contributed by atoms with E-state index < -0.39 is 54.0 Å². The van der Waals surface area contributed by atoms with Crippen LogP contribution in [0.15, 0.2) is 49.6 Å². The molecule has 0 radical (unpaired) electrons. The lowest BCUT2D eigenvalue weighted by Crippen LogP contribution is -2.65. The summed E-state index contributed by atoms with van der Waals surface area (Å²) >= 11 is 0. The predicted molar refractivity (Wildman–Crippen MR) is 204 cm³/mol. The normalized spacial score (nSPS) is 17.2. The van der Waals surface area contributed by atoms with Crippen LogP contribution in [0.2, 0.25) is 0 Å². The van der Waals surface area contributed by atoms with Crippen LogP contribution in [0.1, 0.15) is 49.3 Å². The minimum atomic E-state index is -5.08. The van der Waals surface area contributed by atoms with Gasteiger partial charge in [-0.1, -0.05) is 0 Å². The summed E-state index contributed by atoms with van der Waals surface area (Å²) in [5, 5.41) is 39.7. The molecule has 0 aromatic carbocycles. The number of carboxylic acid groups (broad SMARTS) is 3. The molecule has 0 atom stereocenters. The first-order chi connectivity index (χ1) is 31.6. The van der Waals surface area contributed by atoms with E-state index in [0.29, 0.717) is 45.3 Å². The molecule has 1 saturated carbocycles. The first kappa shape index (κ1) is 53.5. The maximum Gasteiger partial charge on any atom is 0.490 e. The Bertz CT molecular complexity index is 2430. The SMILES string of the molecule is N#CCC1(n2cc(-c3ncnc4[nH]ccc34)cn2)CN([C@H]2CC[C@@H](Oc3cc(CNCCc4c[nH]cn4)nc(C(F)(F)F)n3)CC2)C1.O=C(O)C(F)(F)F.O=C(O)C(F)(F)F.O=C(O)C(F)(F)F. The summed E-state index contributed by atoms with van der Waals surface area (Å²) in [6, 6.07) is 6.04. The minimum absolute atomic E-state index is 0.0630. The van der Waals surface area contributed by atoms with E-state index in [1.807, 2.05) is 23.1 Å². The predicted octanol–water partition coefficient (Wildman–Crippen LogP) is 5.90. The molecule has 2 fully saturated rings. The van der Waals surface area contributed by atoms with Crippen molar-refractivity contribution in [2.45, 2.75) is 87.5 Å². The Labute approximate surface area is 373 Å². The number of ether oxygens (including phenoxy) is 1. The summed E-state index contributed by atoms with van der Waals surface area (Å²) in [4.78, 5) is 55.3. The largest absolute Gasteiger partial charge is 0.490 e. The molecule has 19 nitrogen and oxygen atoms in total. The second kappa shape index (κ2) is 22.1. The molecule has 31 heteroatoms. The number of H-pyrrole nitrogens is 2. The number of aliphatic carboxylic acids is 3. The van der Waals surface area contributed by atoms with E-state index in [1.165, 1.54) is 12.4 Å². The lowest BCUT2D eigenvalue weighted by Gasteiger charge is -2.53.